The fraction of sp³-hybridized carbons (Fsp3) is 0.450. The highest BCUT2D eigenvalue weighted by atomic mass is 35.5. The minimum Gasteiger partial charge on any atom is -0.350 e. The first-order chi connectivity index (χ1) is 12.6. The van der Waals surface area contributed by atoms with Crippen molar-refractivity contribution in [1.29, 1.82) is 0 Å². The topological polar surface area (TPSA) is 35.6 Å². The Hall–Kier alpha value is -1.40. The van der Waals surface area contributed by atoms with Gasteiger partial charge in [0.1, 0.15) is 0 Å². The van der Waals surface area contributed by atoms with Gasteiger partial charge >= 0.3 is 0 Å². The normalized spacial score (nSPS) is 16.4. The maximum Gasteiger partial charge on any atom is 0.234 e. The van der Waals surface area contributed by atoms with Gasteiger partial charge in [-0.2, -0.15) is 0 Å². The van der Waals surface area contributed by atoms with Gasteiger partial charge in [0.05, 0.1) is 13.1 Å². The maximum absolute atomic E-state index is 12.3. The van der Waals surface area contributed by atoms with E-state index in [9.17, 15) is 4.79 Å². The maximum atomic E-state index is 12.3. The van der Waals surface area contributed by atoms with Gasteiger partial charge in [0, 0.05) is 29.5 Å². The lowest BCUT2D eigenvalue weighted by molar-refractivity contribution is -0.122. The van der Waals surface area contributed by atoms with E-state index < -0.39 is 0 Å². The predicted octanol–water partition coefficient (Wildman–Crippen LogP) is 3.53. The highest BCUT2D eigenvalue weighted by Crippen LogP contribution is 2.15. The summed E-state index contributed by atoms with van der Waals surface area (Å²) in [5.41, 5.74) is 2.54. The number of hydrogen-bond donors (Lipinski definition) is 1. The van der Waals surface area contributed by atoms with Crippen LogP contribution in [0.2, 0.25) is 5.02 Å². The number of rotatable bonds is 6. The smallest absolute Gasteiger partial charge is 0.234 e. The molecule has 0 unspecified atom stereocenters. The van der Waals surface area contributed by atoms with E-state index in [0.717, 1.165) is 44.2 Å². The molecule has 1 aromatic carbocycles. The minimum absolute atomic E-state index is 0.115. The van der Waals surface area contributed by atoms with Crippen LogP contribution < -0.4 is 5.32 Å². The molecule has 0 atom stereocenters. The Balaban J connectivity index is 1.42. The van der Waals surface area contributed by atoms with Crippen LogP contribution in [0, 0.1) is 6.92 Å². The first kappa shape index (κ1) is 19.4. The predicted molar refractivity (Wildman–Crippen MR) is 109 cm³/mol. The molecule has 1 saturated heterocycles. The number of carbonyl (C=O) groups is 1. The van der Waals surface area contributed by atoms with Crippen molar-refractivity contribution in [1.82, 2.24) is 15.1 Å². The van der Waals surface area contributed by atoms with Crippen LogP contribution in [0.3, 0.4) is 0 Å². The van der Waals surface area contributed by atoms with Crippen molar-refractivity contribution in [2.45, 2.75) is 26.4 Å². The molecule has 6 heteroatoms. The molecule has 0 bridgehead atoms. The second-order valence-corrected chi connectivity index (χ2v) is 8.27. The van der Waals surface area contributed by atoms with E-state index in [4.69, 9.17) is 11.6 Å². The van der Waals surface area contributed by atoms with E-state index in [2.05, 4.69) is 45.6 Å². The fourth-order valence-electron chi connectivity index (χ4n) is 3.21. The molecule has 3 rings (SSSR count). The van der Waals surface area contributed by atoms with E-state index in [1.807, 2.05) is 12.1 Å². The zero-order valence-corrected chi connectivity index (χ0v) is 16.8. The number of carbonyl (C=O) groups excluding carboxylic acids is 1. The third-order valence-electron chi connectivity index (χ3n) is 4.78. The van der Waals surface area contributed by atoms with Crippen LogP contribution >= 0.6 is 22.9 Å². The van der Waals surface area contributed by atoms with Gasteiger partial charge in [0.15, 0.2) is 0 Å². The van der Waals surface area contributed by atoms with E-state index in [0.29, 0.717) is 13.1 Å². The summed E-state index contributed by atoms with van der Waals surface area (Å²) in [5, 5.41) is 5.90. The summed E-state index contributed by atoms with van der Waals surface area (Å²) >= 11 is 7.66. The molecule has 1 aliphatic heterocycles. The molecule has 2 heterocycles. The quantitative estimate of drug-likeness (QED) is 0.818. The van der Waals surface area contributed by atoms with Crippen molar-refractivity contribution >= 4 is 28.8 Å². The molecular formula is C20H26ClN3OS. The largest absolute Gasteiger partial charge is 0.350 e. The lowest BCUT2D eigenvalue weighted by Crippen LogP contribution is -2.39. The number of amides is 1. The van der Waals surface area contributed by atoms with Crippen LogP contribution in [0.15, 0.2) is 35.7 Å². The lowest BCUT2D eigenvalue weighted by Gasteiger charge is -2.21. The Kier molecular flexibility index (Phi) is 7.08. The highest BCUT2D eigenvalue weighted by Gasteiger charge is 2.17. The lowest BCUT2D eigenvalue weighted by atomic mass is 10.2. The van der Waals surface area contributed by atoms with Gasteiger partial charge < -0.3 is 5.32 Å². The molecule has 26 heavy (non-hydrogen) atoms. The monoisotopic (exact) mass is 391 g/mol. The molecule has 0 aliphatic carbocycles. The molecule has 1 aliphatic rings. The highest BCUT2D eigenvalue weighted by molar-refractivity contribution is 7.10. The summed E-state index contributed by atoms with van der Waals surface area (Å²) in [6, 6.07) is 10.2. The van der Waals surface area contributed by atoms with E-state index >= 15 is 0 Å². The van der Waals surface area contributed by atoms with Gasteiger partial charge in [-0.3, -0.25) is 14.6 Å². The minimum atomic E-state index is 0.115. The molecule has 140 valence electrons. The third kappa shape index (κ3) is 5.81. The van der Waals surface area contributed by atoms with Crippen molar-refractivity contribution in [2.75, 3.05) is 32.7 Å². The van der Waals surface area contributed by atoms with Gasteiger partial charge in [-0.05, 0) is 61.1 Å². The number of nitrogens with zero attached hydrogens (tertiary/aromatic N) is 2. The van der Waals surface area contributed by atoms with Crippen LogP contribution in [0.25, 0.3) is 0 Å². The number of hydrogen-bond acceptors (Lipinski definition) is 4. The molecule has 1 N–H and O–H groups in total. The first-order valence-corrected chi connectivity index (χ1v) is 10.3. The van der Waals surface area contributed by atoms with Crippen LogP contribution in [0.1, 0.15) is 22.4 Å². The van der Waals surface area contributed by atoms with Crippen LogP contribution in [-0.2, 0) is 17.9 Å². The van der Waals surface area contributed by atoms with E-state index in [-0.39, 0.29) is 5.91 Å². The Bertz CT molecular complexity index is 716. The SMILES string of the molecule is Cc1ccsc1CNC(=O)CN1CCCN(Cc2ccc(Cl)cc2)CC1. The molecule has 1 aromatic heterocycles. The summed E-state index contributed by atoms with van der Waals surface area (Å²) in [6.07, 6.45) is 1.09. The van der Waals surface area contributed by atoms with Crippen molar-refractivity contribution < 1.29 is 4.79 Å². The van der Waals surface area contributed by atoms with Crippen LogP contribution in [0.5, 0.6) is 0 Å². The van der Waals surface area contributed by atoms with Crippen molar-refractivity contribution in [3.63, 3.8) is 0 Å². The Morgan fingerprint density at radius 2 is 1.85 bits per heavy atom. The number of benzene rings is 1. The summed E-state index contributed by atoms with van der Waals surface area (Å²) in [5.74, 6) is 0.115. The number of aryl methyl sites for hydroxylation is 1. The summed E-state index contributed by atoms with van der Waals surface area (Å²) in [6.45, 7) is 8.10. The second kappa shape index (κ2) is 9.51. The Morgan fingerprint density at radius 3 is 2.58 bits per heavy atom. The first-order valence-electron chi connectivity index (χ1n) is 9.09. The molecule has 1 amide bonds. The zero-order chi connectivity index (χ0) is 18.4. The third-order valence-corrected chi connectivity index (χ3v) is 6.06. The number of nitrogens with one attached hydrogen (secondary N) is 1. The molecule has 1 fully saturated rings. The molecule has 0 radical (unpaired) electrons. The average Bonchev–Trinajstić information content (AvgIpc) is 2.91. The molecule has 4 nitrogen and oxygen atoms in total. The summed E-state index contributed by atoms with van der Waals surface area (Å²) in [4.78, 5) is 18.2. The Labute approximate surface area is 164 Å². The molecule has 2 aromatic rings. The van der Waals surface area contributed by atoms with Gasteiger partial charge in [0.2, 0.25) is 5.91 Å². The van der Waals surface area contributed by atoms with Crippen LogP contribution in [-0.4, -0.2) is 48.4 Å². The molecule has 0 saturated carbocycles. The standard InChI is InChI=1S/C20H26ClN3OS/c1-16-7-12-26-19(16)13-22-20(25)15-24-9-2-8-23(10-11-24)14-17-3-5-18(21)6-4-17/h3-7,12H,2,8-11,13-15H2,1H3,(H,22,25). The molecule has 0 spiro atoms. The summed E-state index contributed by atoms with van der Waals surface area (Å²) < 4.78 is 0. The van der Waals surface area contributed by atoms with E-state index in [1.165, 1.54) is 16.0 Å². The van der Waals surface area contributed by atoms with Crippen LogP contribution in [0.4, 0.5) is 0 Å². The number of halogens is 1. The van der Waals surface area contributed by atoms with Gasteiger partial charge in [0.25, 0.3) is 0 Å². The summed E-state index contributed by atoms with van der Waals surface area (Å²) in [7, 11) is 0. The van der Waals surface area contributed by atoms with Crippen molar-refractivity contribution in [2.24, 2.45) is 0 Å². The fourth-order valence-corrected chi connectivity index (χ4v) is 4.18. The van der Waals surface area contributed by atoms with Crippen molar-refractivity contribution in [3.8, 4) is 0 Å². The molecular weight excluding hydrogens is 366 g/mol. The zero-order valence-electron chi connectivity index (χ0n) is 15.2. The van der Waals surface area contributed by atoms with Gasteiger partial charge in [-0.1, -0.05) is 23.7 Å². The number of thiophene rings is 1. The van der Waals surface area contributed by atoms with Gasteiger partial charge in [-0.15, -0.1) is 11.3 Å². The average molecular weight is 392 g/mol. The van der Waals surface area contributed by atoms with Gasteiger partial charge in [-0.25, -0.2) is 0 Å². The Morgan fingerprint density at radius 1 is 1.12 bits per heavy atom. The second-order valence-electron chi connectivity index (χ2n) is 6.84. The van der Waals surface area contributed by atoms with E-state index in [1.54, 1.807) is 11.3 Å². The van der Waals surface area contributed by atoms with Crippen molar-refractivity contribution in [3.05, 3.63) is 56.7 Å².